The zero-order chi connectivity index (χ0) is 33.3. The summed E-state index contributed by atoms with van der Waals surface area (Å²) in [6.07, 6.45) is 0. The SMILES string of the molecule is C[Si](C)(C)N=P(C)(C)C1C(c2ccccc2)P(c2ccccc2)C(P(C)(C)=N[Si](C)(C)C)C(c2ccccc2)P1c1ccccc1. The lowest BCUT2D eigenvalue weighted by Gasteiger charge is -2.58. The minimum Gasteiger partial charge on any atom is -0.338 e. The molecule has 1 fully saturated rings. The molecule has 46 heavy (non-hydrogen) atoms. The molecule has 8 heteroatoms. The maximum absolute atomic E-state index is 5.99. The van der Waals surface area contributed by atoms with Crippen molar-refractivity contribution in [3.05, 3.63) is 132 Å². The smallest absolute Gasteiger partial charge is 0.170 e. The van der Waals surface area contributed by atoms with Crippen LogP contribution in [0.3, 0.4) is 0 Å². The van der Waals surface area contributed by atoms with Crippen molar-refractivity contribution >= 4 is 57.0 Å². The molecular weight excluding hydrogens is 664 g/mol. The van der Waals surface area contributed by atoms with Crippen molar-refractivity contribution in [2.24, 2.45) is 8.82 Å². The quantitative estimate of drug-likeness (QED) is 0.128. The fourth-order valence-electron chi connectivity index (χ4n) is 7.68. The first-order chi connectivity index (χ1) is 21.6. The van der Waals surface area contributed by atoms with Gasteiger partial charge in [-0.05, 0) is 62.5 Å². The van der Waals surface area contributed by atoms with Gasteiger partial charge in [0.1, 0.15) is 0 Å². The molecule has 0 spiro atoms. The number of benzene rings is 4. The van der Waals surface area contributed by atoms with Crippen LogP contribution in [-0.2, 0) is 0 Å². The summed E-state index contributed by atoms with van der Waals surface area (Å²) in [6, 6.07) is 46.7. The van der Waals surface area contributed by atoms with Crippen LogP contribution in [0, 0.1) is 0 Å². The lowest BCUT2D eigenvalue weighted by Crippen LogP contribution is -2.38. The predicted octanol–water partition coefficient (Wildman–Crippen LogP) is 12.3. The highest BCUT2D eigenvalue weighted by atomic mass is 31.2. The molecule has 2 nitrogen and oxygen atoms in total. The highest BCUT2D eigenvalue weighted by Gasteiger charge is 2.57. The summed E-state index contributed by atoms with van der Waals surface area (Å²) in [4.78, 5) is 0. The molecule has 0 aliphatic carbocycles. The molecule has 0 radical (unpaired) electrons. The number of nitrogens with zero attached hydrogens (tertiary/aromatic N) is 2. The van der Waals surface area contributed by atoms with Crippen molar-refractivity contribution in [2.45, 2.75) is 61.4 Å². The van der Waals surface area contributed by atoms with Crippen molar-refractivity contribution in [2.75, 3.05) is 26.7 Å². The second-order valence-electron chi connectivity index (χ2n) is 15.5. The predicted molar refractivity (Wildman–Crippen MR) is 221 cm³/mol. The maximum atomic E-state index is 5.99. The molecule has 244 valence electrons. The van der Waals surface area contributed by atoms with Gasteiger partial charge in [0.15, 0.2) is 16.5 Å². The average molecular weight is 719 g/mol. The van der Waals surface area contributed by atoms with Crippen molar-refractivity contribution in [3.8, 4) is 0 Å². The molecule has 5 rings (SSSR count). The second kappa shape index (κ2) is 14.2. The van der Waals surface area contributed by atoms with Gasteiger partial charge in [-0.3, -0.25) is 0 Å². The molecule has 4 aromatic carbocycles. The first-order valence-electron chi connectivity index (χ1n) is 16.5. The van der Waals surface area contributed by atoms with Crippen LogP contribution in [0.2, 0.25) is 39.3 Å². The van der Waals surface area contributed by atoms with Crippen LogP contribution in [-0.4, -0.2) is 53.9 Å². The number of hydrogen-bond acceptors (Lipinski definition) is 2. The van der Waals surface area contributed by atoms with Gasteiger partial charge >= 0.3 is 0 Å². The van der Waals surface area contributed by atoms with Crippen LogP contribution in [0.5, 0.6) is 0 Å². The van der Waals surface area contributed by atoms with E-state index in [1.54, 1.807) is 0 Å². The lowest BCUT2D eigenvalue weighted by atomic mass is 10.1. The van der Waals surface area contributed by atoms with Gasteiger partial charge in [-0.15, -0.1) is 0 Å². The standard InChI is InChI=1S/C38H54N2P4Si2/c1-43(2,39-45(5,6)7)37-35(31-23-15-11-16-24-31)42(34-29-21-14-22-30-34)38(44(3,4)40-46(8,9)10)36(32-25-17-12-18-26-32)41(37)33-27-19-13-20-28-33/h11-30,35-38H,1-10H3. The molecule has 0 amide bonds. The fraction of sp³-hybridized carbons (Fsp3) is 0.368. The monoisotopic (exact) mass is 718 g/mol. The molecule has 1 aliphatic rings. The molecule has 6 unspecified atom stereocenters. The van der Waals surface area contributed by atoms with Gasteiger partial charge in [0, 0.05) is 22.1 Å². The van der Waals surface area contributed by atoms with E-state index < -0.39 is 46.4 Å². The van der Waals surface area contributed by atoms with Gasteiger partial charge in [-0.25, -0.2) is 0 Å². The van der Waals surface area contributed by atoms with E-state index in [1.165, 1.54) is 21.7 Å². The summed E-state index contributed by atoms with van der Waals surface area (Å²) in [6.45, 7) is 25.0. The Balaban J connectivity index is 2.00. The summed E-state index contributed by atoms with van der Waals surface area (Å²) in [5.41, 5.74) is 3.84. The normalized spacial score (nSPS) is 24.3. The van der Waals surface area contributed by atoms with Gasteiger partial charge in [0.05, 0.1) is 0 Å². The van der Waals surface area contributed by atoms with E-state index in [4.69, 9.17) is 8.82 Å². The van der Waals surface area contributed by atoms with E-state index in [9.17, 15) is 0 Å². The zero-order valence-electron chi connectivity index (χ0n) is 29.5. The Morgan fingerprint density at radius 1 is 0.435 bits per heavy atom. The third kappa shape index (κ3) is 8.25. The fourth-order valence-corrected chi connectivity index (χ4v) is 40.2. The molecule has 0 aromatic heterocycles. The summed E-state index contributed by atoms with van der Waals surface area (Å²) in [5.74, 6) is 0. The summed E-state index contributed by atoms with van der Waals surface area (Å²) >= 11 is 0. The van der Waals surface area contributed by atoms with E-state index >= 15 is 0 Å². The molecule has 0 saturated carbocycles. The molecule has 1 saturated heterocycles. The zero-order valence-corrected chi connectivity index (χ0v) is 35.1. The highest BCUT2D eigenvalue weighted by molar-refractivity contribution is 7.90. The Hall–Kier alpha value is -1.37. The Kier molecular flexibility index (Phi) is 11.1. The molecule has 0 N–H and O–H groups in total. The molecule has 4 aromatic rings. The van der Waals surface area contributed by atoms with Crippen molar-refractivity contribution in [1.29, 1.82) is 0 Å². The summed E-state index contributed by atoms with van der Waals surface area (Å²) < 4.78 is 12.0. The van der Waals surface area contributed by atoms with Gasteiger partial charge in [0.2, 0.25) is 0 Å². The summed E-state index contributed by atoms with van der Waals surface area (Å²) in [7, 11) is -8.39. The second-order valence-corrected chi connectivity index (χ2v) is 38.5. The van der Waals surface area contributed by atoms with Crippen LogP contribution in [0.1, 0.15) is 22.4 Å². The lowest BCUT2D eigenvalue weighted by molar-refractivity contribution is 0.914. The van der Waals surface area contributed by atoms with Gasteiger partial charge in [-0.1, -0.05) is 176 Å². The van der Waals surface area contributed by atoms with Crippen LogP contribution in [0.15, 0.2) is 130 Å². The minimum atomic E-state index is -1.80. The molecule has 0 bridgehead atoms. The number of rotatable bonds is 8. The summed E-state index contributed by atoms with van der Waals surface area (Å²) in [5, 5.41) is 4.02. The third-order valence-corrected chi connectivity index (χ3v) is 32.4. The Morgan fingerprint density at radius 2 is 0.696 bits per heavy atom. The molecule has 1 aliphatic heterocycles. The van der Waals surface area contributed by atoms with Crippen LogP contribution in [0.25, 0.3) is 0 Å². The number of hydrogen-bond donors (Lipinski definition) is 0. The molecule has 6 atom stereocenters. The van der Waals surface area contributed by atoms with Gasteiger partial charge < -0.3 is 8.82 Å². The Bertz CT molecular complexity index is 1470. The Morgan fingerprint density at radius 3 is 0.957 bits per heavy atom. The highest BCUT2D eigenvalue weighted by Crippen LogP contribution is 2.87. The minimum absolute atomic E-state index is 0.412. The van der Waals surface area contributed by atoms with E-state index in [0.717, 1.165) is 0 Å². The third-order valence-electron chi connectivity index (χ3n) is 8.54. The van der Waals surface area contributed by atoms with E-state index in [1.807, 2.05) is 0 Å². The Labute approximate surface area is 285 Å². The molecular formula is C38H54N2P4Si2. The van der Waals surface area contributed by atoms with Crippen LogP contribution < -0.4 is 10.6 Å². The topological polar surface area (TPSA) is 24.7 Å². The largest absolute Gasteiger partial charge is 0.338 e. The first-order valence-corrected chi connectivity index (χ1v) is 31.8. The van der Waals surface area contributed by atoms with Crippen molar-refractivity contribution < 1.29 is 0 Å². The van der Waals surface area contributed by atoms with Gasteiger partial charge in [-0.2, -0.15) is 0 Å². The van der Waals surface area contributed by atoms with Crippen molar-refractivity contribution in [1.82, 2.24) is 0 Å². The molecule has 1 heterocycles. The van der Waals surface area contributed by atoms with Crippen LogP contribution >= 0.6 is 30.0 Å². The van der Waals surface area contributed by atoms with Crippen LogP contribution in [0.4, 0.5) is 0 Å². The van der Waals surface area contributed by atoms with E-state index in [2.05, 4.69) is 187 Å². The van der Waals surface area contributed by atoms with Crippen molar-refractivity contribution in [3.63, 3.8) is 0 Å². The van der Waals surface area contributed by atoms with Gasteiger partial charge in [0.25, 0.3) is 0 Å². The van der Waals surface area contributed by atoms with E-state index in [-0.39, 0.29) is 0 Å². The average Bonchev–Trinajstić information content (AvgIpc) is 2.99. The first kappa shape index (κ1) is 35.9. The van der Waals surface area contributed by atoms with E-state index in [0.29, 0.717) is 22.1 Å². The maximum Gasteiger partial charge on any atom is 0.170 e.